The van der Waals surface area contributed by atoms with Gasteiger partial charge in [-0.3, -0.25) is 14.9 Å². The average molecular weight is 381 g/mol. The first-order valence-electron chi connectivity index (χ1n) is 9.16. The number of piperidine rings is 1. The Balaban J connectivity index is 2.07. The summed E-state index contributed by atoms with van der Waals surface area (Å²) in [5, 5.41) is 11.3. The first kappa shape index (κ1) is 21.0. The number of carbonyl (C=O) groups is 1. The number of pyridine rings is 1. The summed E-state index contributed by atoms with van der Waals surface area (Å²) in [4.78, 5) is 29.3. The molecule has 0 spiro atoms. The first-order valence-corrected chi connectivity index (χ1v) is 9.16. The van der Waals surface area contributed by atoms with Gasteiger partial charge in [-0.05, 0) is 26.7 Å². The van der Waals surface area contributed by atoms with Crippen LogP contribution >= 0.6 is 0 Å². The molecule has 1 aliphatic heterocycles. The predicted octanol–water partition coefficient (Wildman–Crippen LogP) is 2.15. The number of likely N-dealkylation sites (tertiary alicyclic amines) is 1. The molecule has 1 atom stereocenters. The van der Waals surface area contributed by atoms with Gasteiger partial charge in [0.25, 0.3) is 5.69 Å². The Morgan fingerprint density at radius 1 is 1.41 bits per heavy atom. The molecular weight excluding hydrogens is 354 g/mol. The molecule has 0 aromatic carbocycles. The second kappa shape index (κ2) is 10.2. The Morgan fingerprint density at radius 2 is 2.11 bits per heavy atom. The van der Waals surface area contributed by atoms with E-state index >= 15 is 0 Å². The van der Waals surface area contributed by atoms with Crippen LogP contribution in [0, 0.1) is 10.1 Å². The number of aromatic nitrogens is 1. The molecule has 1 aromatic rings. The summed E-state index contributed by atoms with van der Waals surface area (Å²) in [5.74, 6) is -1.09. The van der Waals surface area contributed by atoms with Crippen molar-refractivity contribution in [1.29, 1.82) is 0 Å². The molecule has 150 valence electrons. The Labute approximate surface area is 158 Å². The highest BCUT2D eigenvalue weighted by atomic mass is 16.6. The van der Waals surface area contributed by atoms with Crippen molar-refractivity contribution in [3.63, 3.8) is 0 Å². The minimum atomic E-state index is -0.843. The summed E-state index contributed by atoms with van der Waals surface area (Å²) in [5.41, 5.74) is -0.147. The number of methoxy groups -OCH3 is 1. The molecule has 1 fully saturated rings. The van der Waals surface area contributed by atoms with Crippen LogP contribution in [0.25, 0.3) is 0 Å². The van der Waals surface area contributed by atoms with Crippen LogP contribution in [0.2, 0.25) is 0 Å². The molecule has 27 heavy (non-hydrogen) atoms. The van der Waals surface area contributed by atoms with Gasteiger partial charge in [0.15, 0.2) is 0 Å². The van der Waals surface area contributed by atoms with Crippen LogP contribution in [0.5, 0.6) is 5.88 Å². The zero-order valence-electron chi connectivity index (χ0n) is 16.1. The van der Waals surface area contributed by atoms with Crippen molar-refractivity contribution >= 4 is 11.7 Å². The van der Waals surface area contributed by atoms with Crippen LogP contribution in [-0.4, -0.2) is 66.8 Å². The molecule has 2 heterocycles. The van der Waals surface area contributed by atoms with Crippen molar-refractivity contribution in [1.82, 2.24) is 9.88 Å². The van der Waals surface area contributed by atoms with Gasteiger partial charge in [-0.1, -0.05) is 0 Å². The molecular formula is C18H27N3O6. The number of esters is 1. The van der Waals surface area contributed by atoms with Gasteiger partial charge < -0.3 is 19.1 Å². The lowest BCUT2D eigenvalue weighted by Gasteiger charge is -2.31. The van der Waals surface area contributed by atoms with E-state index < -0.39 is 16.8 Å². The Bertz CT molecular complexity index is 646. The molecule has 0 amide bonds. The molecule has 1 aliphatic rings. The minimum Gasteiger partial charge on any atom is -0.474 e. The number of carbonyl (C=O) groups excluding carboxylic acids is 1. The monoisotopic (exact) mass is 381 g/mol. The van der Waals surface area contributed by atoms with Gasteiger partial charge in [0.2, 0.25) is 5.88 Å². The SMILES string of the molecule is CCOC(=O)C(C)c1nc(OC2CCN(CCOC)CC2)ccc1[N+](=O)[O-]. The normalized spacial score (nSPS) is 16.7. The Morgan fingerprint density at radius 3 is 2.70 bits per heavy atom. The highest BCUT2D eigenvalue weighted by Crippen LogP contribution is 2.29. The molecule has 0 aliphatic carbocycles. The topological polar surface area (TPSA) is 104 Å². The zero-order valence-corrected chi connectivity index (χ0v) is 16.1. The third-order valence-corrected chi connectivity index (χ3v) is 4.56. The van der Waals surface area contributed by atoms with E-state index in [0.29, 0.717) is 12.5 Å². The molecule has 0 saturated carbocycles. The Hall–Kier alpha value is -2.26. The lowest BCUT2D eigenvalue weighted by molar-refractivity contribution is -0.386. The molecule has 0 N–H and O–H groups in total. The molecule has 9 heteroatoms. The summed E-state index contributed by atoms with van der Waals surface area (Å²) in [7, 11) is 1.69. The summed E-state index contributed by atoms with van der Waals surface area (Å²) in [6, 6.07) is 2.82. The molecule has 9 nitrogen and oxygen atoms in total. The van der Waals surface area contributed by atoms with Gasteiger partial charge in [0, 0.05) is 38.9 Å². The number of hydrogen-bond acceptors (Lipinski definition) is 8. The van der Waals surface area contributed by atoms with E-state index in [0.717, 1.165) is 32.5 Å². The lowest BCUT2D eigenvalue weighted by Crippen LogP contribution is -2.39. The van der Waals surface area contributed by atoms with E-state index in [1.807, 2.05) is 0 Å². The van der Waals surface area contributed by atoms with Crippen LogP contribution in [0.4, 0.5) is 5.69 Å². The third-order valence-electron chi connectivity index (χ3n) is 4.56. The summed E-state index contributed by atoms with van der Waals surface area (Å²) in [6.45, 7) is 6.82. The van der Waals surface area contributed by atoms with Crippen molar-refractivity contribution in [2.75, 3.05) is 40.0 Å². The quantitative estimate of drug-likeness (QED) is 0.364. The van der Waals surface area contributed by atoms with Gasteiger partial charge in [-0.2, -0.15) is 0 Å². The fourth-order valence-corrected chi connectivity index (χ4v) is 3.01. The predicted molar refractivity (Wildman–Crippen MR) is 97.9 cm³/mol. The zero-order chi connectivity index (χ0) is 19.8. The van der Waals surface area contributed by atoms with Crippen molar-refractivity contribution in [3.8, 4) is 5.88 Å². The van der Waals surface area contributed by atoms with E-state index in [9.17, 15) is 14.9 Å². The molecule has 1 saturated heterocycles. The number of hydrogen-bond donors (Lipinski definition) is 0. The van der Waals surface area contributed by atoms with Gasteiger partial charge >= 0.3 is 5.97 Å². The lowest BCUT2D eigenvalue weighted by atomic mass is 10.1. The highest BCUT2D eigenvalue weighted by molar-refractivity contribution is 5.78. The van der Waals surface area contributed by atoms with E-state index in [1.54, 1.807) is 21.0 Å². The number of rotatable bonds is 9. The van der Waals surface area contributed by atoms with Gasteiger partial charge in [-0.15, -0.1) is 0 Å². The van der Waals surface area contributed by atoms with Gasteiger partial charge in [0.1, 0.15) is 17.7 Å². The van der Waals surface area contributed by atoms with Crippen LogP contribution in [-0.2, 0) is 14.3 Å². The number of nitro groups is 1. The van der Waals surface area contributed by atoms with Gasteiger partial charge in [0.05, 0.1) is 18.1 Å². The smallest absolute Gasteiger partial charge is 0.315 e. The number of ether oxygens (including phenoxy) is 3. The van der Waals surface area contributed by atoms with E-state index in [4.69, 9.17) is 14.2 Å². The fraction of sp³-hybridized carbons (Fsp3) is 0.667. The standard InChI is InChI=1S/C18H27N3O6/c1-4-26-18(22)13(2)17-15(21(23)24)5-6-16(19-17)27-14-7-9-20(10-8-14)11-12-25-3/h5-6,13-14H,4,7-12H2,1-3H3. The van der Waals surface area contributed by atoms with E-state index in [2.05, 4.69) is 9.88 Å². The molecule has 2 rings (SSSR count). The van der Waals surface area contributed by atoms with E-state index in [1.165, 1.54) is 12.1 Å². The van der Waals surface area contributed by atoms with Gasteiger partial charge in [-0.25, -0.2) is 4.98 Å². The summed E-state index contributed by atoms with van der Waals surface area (Å²) >= 11 is 0. The van der Waals surface area contributed by atoms with Crippen LogP contribution in [0.1, 0.15) is 38.3 Å². The van der Waals surface area contributed by atoms with E-state index in [-0.39, 0.29) is 24.1 Å². The van der Waals surface area contributed by atoms with Crippen molar-refractivity contribution in [2.45, 2.75) is 38.7 Å². The first-order chi connectivity index (χ1) is 13.0. The molecule has 1 unspecified atom stereocenters. The highest BCUT2D eigenvalue weighted by Gasteiger charge is 2.29. The third kappa shape index (κ3) is 5.86. The van der Waals surface area contributed by atoms with Crippen LogP contribution in [0.15, 0.2) is 12.1 Å². The van der Waals surface area contributed by atoms with Crippen LogP contribution in [0.3, 0.4) is 0 Å². The fourth-order valence-electron chi connectivity index (χ4n) is 3.01. The van der Waals surface area contributed by atoms with Crippen molar-refractivity contribution < 1.29 is 23.9 Å². The Kier molecular flexibility index (Phi) is 7.93. The van der Waals surface area contributed by atoms with Crippen LogP contribution < -0.4 is 4.74 Å². The minimum absolute atomic E-state index is 0.0106. The van der Waals surface area contributed by atoms with Crippen molar-refractivity contribution in [3.05, 3.63) is 27.9 Å². The second-order valence-corrected chi connectivity index (χ2v) is 6.44. The summed E-state index contributed by atoms with van der Waals surface area (Å²) < 4.78 is 16.0. The molecule has 0 radical (unpaired) electrons. The molecule has 0 bridgehead atoms. The number of nitrogens with zero attached hydrogens (tertiary/aromatic N) is 3. The second-order valence-electron chi connectivity index (χ2n) is 6.44. The maximum atomic E-state index is 12.0. The maximum Gasteiger partial charge on any atom is 0.315 e. The largest absolute Gasteiger partial charge is 0.474 e. The average Bonchev–Trinajstić information content (AvgIpc) is 2.66. The molecule has 1 aromatic heterocycles. The summed E-state index contributed by atoms with van der Waals surface area (Å²) in [6.07, 6.45) is 1.67. The maximum absolute atomic E-state index is 12.0. The van der Waals surface area contributed by atoms with Crippen molar-refractivity contribution in [2.24, 2.45) is 0 Å².